The first-order chi connectivity index (χ1) is 15.1. The lowest BCUT2D eigenvalue weighted by Crippen LogP contribution is -2.35. The molecule has 0 N–H and O–H groups in total. The largest absolute Gasteiger partial charge is 0.379 e. The summed E-state index contributed by atoms with van der Waals surface area (Å²) in [6.45, 7) is 11.6. The quantitative estimate of drug-likeness (QED) is 0.557. The Kier molecular flexibility index (Phi) is 7.09. The van der Waals surface area contributed by atoms with Crippen LogP contribution in [0.15, 0.2) is 36.4 Å². The number of anilines is 1. The SMILES string of the molecule is CCN(c1cc(-c2ccc(CN3CCOCC3)cc2)cc(C(C)=O)c1C)C1CCCC1. The van der Waals surface area contributed by atoms with Gasteiger partial charge in [-0.3, -0.25) is 9.69 Å². The van der Waals surface area contributed by atoms with Crippen molar-refractivity contribution in [1.29, 1.82) is 0 Å². The standard InChI is InChI=1S/C27H36N2O2/c1-4-29(25-7-5-6-8-25)27-18-24(17-26(20(27)2)21(3)30)23-11-9-22(10-12-23)19-28-13-15-31-16-14-28/h9-12,17-18,25H,4-8,13-16,19H2,1-3H3. The van der Waals surface area contributed by atoms with Gasteiger partial charge < -0.3 is 9.64 Å². The molecule has 2 aromatic rings. The minimum Gasteiger partial charge on any atom is -0.379 e. The van der Waals surface area contributed by atoms with Crippen molar-refractivity contribution in [1.82, 2.24) is 4.90 Å². The van der Waals surface area contributed by atoms with Crippen molar-refractivity contribution < 1.29 is 9.53 Å². The monoisotopic (exact) mass is 420 g/mol. The van der Waals surface area contributed by atoms with Crippen LogP contribution >= 0.6 is 0 Å². The van der Waals surface area contributed by atoms with Gasteiger partial charge in [0.25, 0.3) is 0 Å². The molecule has 4 rings (SSSR count). The minimum atomic E-state index is 0.145. The molecule has 0 bridgehead atoms. The Hall–Kier alpha value is -2.17. The lowest BCUT2D eigenvalue weighted by molar-refractivity contribution is 0.0342. The van der Waals surface area contributed by atoms with Crippen LogP contribution in [0.3, 0.4) is 0 Å². The molecule has 2 aromatic carbocycles. The molecular weight excluding hydrogens is 384 g/mol. The molecular formula is C27H36N2O2. The fourth-order valence-corrected chi connectivity index (χ4v) is 5.19. The molecule has 0 atom stereocenters. The number of ether oxygens (including phenoxy) is 1. The third kappa shape index (κ3) is 5.02. The summed E-state index contributed by atoms with van der Waals surface area (Å²) in [6.07, 6.45) is 5.13. The maximum atomic E-state index is 12.5. The van der Waals surface area contributed by atoms with Gasteiger partial charge in [0.15, 0.2) is 5.78 Å². The number of benzene rings is 2. The molecule has 31 heavy (non-hydrogen) atoms. The predicted octanol–water partition coefficient (Wildman–Crippen LogP) is 5.47. The highest BCUT2D eigenvalue weighted by Gasteiger charge is 2.24. The number of Topliss-reactive ketones (excluding diaryl/α,β-unsaturated/α-hetero) is 1. The van der Waals surface area contributed by atoms with E-state index < -0.39 is 0 Å². The molecule has 0 spiro atoms. The van der Waals surface area contributed by atoms with Crippen molar-refractivity contribution in [2.45, 2.75) is 59.0 Å². The predicted molar refractivity (Wildman–Crippen MR) is 128 cm³/mol. The number of rotatable bonds is 7. The second kappa shape index (κ2) is 9.97. The van der Waals surface area contributed by atoms with Gasteiger partial charge in [0.05, 0.1) is 13.2 Å². The normalized spacial score (nSPS) is 17.8. The Morgan fingerprint density at radius 2 is 1.74 bits per heavy atom. The number of carbonyl (C=O) groups is 1. The molecule has 1 heterocycles. The van der Waals surface area contributed by atoms with E-state index in [1.54, 1.807) is 6.92 Å². The highest BCUT2D eigenvalue weighted by atomic mass is 16.5. The zero-order chi connectivity index (χ0) is 21.8. The van der Waals surface area contributed by atoms with Crippen LogP contribution in [-0.4, -0.2) is 49.6 Å². The average molecular weight is 421 g/mol. The minimum absolute atomic E-state index is 0.145. The van der Waals surface area contributed by atoms with Crippen LogP contribution in [0.5, 0.6) is 0 Å². The van der Waals surface area contributed by atoms with Crippen LogP contribution in [0.1, 0.15) is 61.0 Å². The number of ketones is 1. The topological polar surface area (TPSA) is 32.8 Å². The summed E-state index contributed by atoms with van der Waals surface area (Å²) in [5.74, 6) is 0.145. The Labute approximate surface area is 187 Å². The van der Waals surface area contributed by atoms with Gasteiger partial charge in [-0.15, -0.1) is 0 Å². The van der Waals surface area contributed by atoms with E-state index in [0.717, 1.165) is 56.1 Å². The number of morpholine rings is 1. The molecule has 1 aliphatic carbocycles. The average Bonchev–Trinajstić information content (AvgIpc) is 3.31. The van der Waals surface area contributed by atoms with Crippen LogP contribution < -0.4 is 4.90 Å². The second-order valence-corrected chi connectivity index (χ2v) is 9.03. The summed E-state index contributed by atoms with van der Waals surface area (Å²) in [4.78, 5) is 17.4. The van der Waals surface area contributed by atoms with E-state index in [1.807, 2.05) is 0 Å². The van der Waals surface area contributed by atoms with Crippen LogP contribution in [0.2, 0.25) is 0 Å². The Balaban J connectivity index is 1.64. The lowest BCUT2D eigenvalue weighted by atomic mass is 9.94. The lowest BCUT2D eigenvalue weighted by Gasteiger charge is -2.32. The summed E-state index contributed by atoms with van der Waals surface area (Å²) < 4.78 is 5.46. The first-order valence-corrected chi connectivity index (χ1v) is 11.9. The van der Waals surface area contributed by atoms with Crippen molar-refractivity contribution >= 4 is 11.5 Å². The zero-order valence-electron chi connectivity index (χ0n) is 19.3. The van der Waals surface area contributed by atoms with Gasteiger partial charge in [-0.2, -0.15) is 0 Å². The van der Waals surface area contributed by atoms with Gasteiger partial charge in [-0.05, 0) is 68.0 Å². The summed E-state index contributed by atoms with van der Waals surface area (Å²) in [5.41, 5.74) is 6.84. The Bertz CT molecular complexity index is 894. The van der Waals surface area contributed by atoms with E-state index in [9.17, 15) is 4.79 Å². The van der Waals surface area contributed by atoms with Gasteiger partial charge in [0, 0.05) is 43.5 Å². The van der Waals surface area contributed by atoms with Crippen LogP contribution in [0.25, 0.3) is 11.1 Å². The fraction of sp³-hybridized carbons (Fsp3) is 0.519. The second-order valence-electron chi connectivity index (χ2n) is 9.03. The Morgan fingerprint density at radius 3 is 2.35 bits per heavy atom. The summed E-state index contributed by atoms with van der Waals surface area (Å²) in [6, 6.07) is 13.9. The molecule has 0 radical (unpaired) electrons. The third-order valence-electron chi connectivity index (χ3n) is 6.97. The van der Waals surface area contributed by atoms with E-state index in [1.165, 1.54) is 42.5 Å². The van der Waals surface area contributed by atoms with E-state index >= 15 is 0 Å². The van der Waals surface area contributed by atoms with Crippen molar-refractivity contribution in [3.63, 3.8) is 0 Å². The van der Waals surface area contributed by atoms with Crippen molar-refractivity contribution in [2.75, 3.05) is 37.7 Å². The first kappa shape index (κ1) is 22.0. The van der Waals surface area contributed by atoms with E-state index in [2.05, 4.69) is 60.0 Å². The molecule has 1 saturated carbocycles. The molecule has 2 aliphatic rings. The van der Waals surface area contributed by atoms with E-state index in [-0.39, 0.29) is 5.78 Å². The van der Waals surface area contributed by atoms with Gasteiger partial charge in [0.2, 0.25) is 0 Å². The van der Waals surface area contributed by atoms with E-state index in [4.69, 9.17) is 4.74 Å². The summed E-state index contributed by atoms with van der Waals surface area (Å²) >= 11 is 0. The molecule has 4 nitrogen and oxygen atoms in total. The molecule has 0 amide bonds. The van der Waals surface area contributed by atoms with Crippen molar-refractivity contribution in [3.8, 4) is 11.1 Å². The zero-order valence-corrected chi connectivity index (χ0v) is 19.3. The number of carbonyl (C=O) groups excluding carboxylic acids is 1. The smallest absolute Gasteiger partial charge is 0.160 e. The van der Waals surface area contributed by atoms with Crippen LogP contribution in [0, 0.1) is 6.92 Å². The molecule has 1 aliphatic heterocycles. The molecule has 4 heteroatoms. The number of nitrogens with zero attached hydrogens (tertiary/aromatic N) is 2. The van der Waals surface area contributed by atoms with Gasteiger partial charge in [0.1, 0.15) is 0 Å². The van der Waals surface area contributed by atoms with Crippen LogP contribution in [0.4, 0.5) is 5.69 Å². The molecule has 0 unspecified atom stereocenters. The summed E-state index contributed by atoms with van der Waals surface area (Å²) in [7, 11) is 0. The van der Waals surface area contributed by atoms with Crippen molar-refractivity contribution in [3.05, 3.63) is 53.1 Å². The third-order valence-corrected chi connectivity index (χ3v) is 6.97. The highest BCUT2D eigenvalue weighted by Crippen LogP contribution is 2.35. The van der Waals surface area contributed by atoms with Gasteiger partial charge >= 0.3 is 0 Å². The summed E-state index contributed by atoms with van der Waals surface area (Å²) in [5, 5.41) is 0. The first-order valence-electron chi connectivity index (χ1n) is 11.9. The van der Waals surface area contributed by atoms with Gasteiger partial charge in [-0.25, -0.2) is 0 Å². The number of hydrogen-bond acceptors (Lipinski definition) is 4. The molecule has 1 saturated heterocycles. The molecule has 2 fully saturated rings. The van der Waals surface area contributed by atoms with E-state index in [0.29, 0.717) is 6.04 Å². The fourth-order valence-electron chi connectivity index (χ4n) is 5.19. The highest BCUT2D eigenvalue weighted by molar-refractivity contribution is 5.98. The molecule has 166 valence electrons. The van der Waals surface area contributed by atoms with Crippen molar-refractivity contribution in [2.24, 2.45) is 0 Å². The number of hydrogen-bond donors (Lipinski definition) is 0. The van der Waals surface area contributed by atoms with Gasteiger partial charge in [-0.1, -0.05) is 37.1 Å². The maximum absolute atomic E-state index is 12.5. The Morgan fingerprint density at radius 1 is 1.06 bits per heavy atom. The van der Waals surface area contributed by atoms with Crippen LogP contribution in [-0.2, 0) is 11.3 Å². The maximum Gasteiger partial charge on any atom is 0.160 e. The molecule has 0 aromatic heterocycles.